The average molecular weight is 1180 g/mol. The van der Waals surface area contributed by atoms with E-state index in [-0.39, 0.29) is 88.0 Å². The lowest BCUT2D eigenvalue weighted by molar-refractivity contribution is -0.143. The van der Waals surface area contributed by atoms with Crippen LogP contribution in [0.1, 0.15) is 83.6 Å². The van der Waals surface area contributed by atoms with E-state index in [0.29, 0.717) is 17.9 Å². The predicted octanol–water partition coefficient (Wildman–Crippen LogP) is -5.73. The van der Waals surface area contributed by atoms with Crippen molar-refractivity contribution < 1.29 is 67.4 Å². The van der Waals surface area contributed by atoms with Crippen LogP contribution in [-0.4, -0.2) is 186 Å². The number of unbranched alkanes of at least 4 members (excludes halogenated alkanes) is 1. The van der Waals surface area contributed by atoms with E-state index >= 15 is 0 Å². The van der Waals surface area contributed by atoms with Gasteiger partial charge in [0.1, 0.15) is 54.1 Å². The van der Waals surface area contributed by atoms with Gasteiger partial charge in [0.25, 0.3) is 0 Å². The Morgan fingerprint density at radius 3 is 1.84 bits per heavy atom. The monoisotopic (exact) mass is 1180 g/mol. The lowest BCUT2D eigenvalue weighted by Gasteiger charge is -2.30. The van der Waals surface area contributed by atoms with Crippen molar-refractivity contribution in [3.8, 4) is 5.75 Å². The summed E-state index contributed by atoms with van der Waals surface area (Å²) in [5.41, 5.74) is 33.6. The largest absolute Gasteiger partial charge is 0.494 e. The third kappa shape index (κ3) is 24.8. The number of carboxylic acid groups (broad SMARTS) is 1. The summed E-state index contributed by atoms with van der Waals surface area (Å²) >= 11 is 0. The Bertz CT molecular complexity index is 2460. The summed E-state index contributed by atoms with van der Waals surface area (Å²) in [5.74, 6) is -12.6. The highest BCUT2D eigenvalue weighted by Gasteiger charge is 2.40. The number of carbonyl (C=O) groups excluding carboxylic acids is 11. The number of ether oxygens (including phenoxy) is 1. The number of hydrogen-bond acceptors (Lipinski definition) is 17. The van der Waals surface area contributed by atoms with Crippen LogP contribution in [0.5, 0.6) is 5.75 Å². The van der Waals surface area contributed by atoms with Crippen molar-refractivity contribution in [2.24, 2.45) is 44.4 Å². The van der Waals surface area contributed by atoms with Gasteiger partial charge >= 0.3 is 5.97 Å². The summed E-state index contributed by atoms with van der Waals surface area (Å²) in [6.45, 7) is 2.58. The molecule has 2 heterocycles. The van der Waals surface area contributed by atoms with Crippen LogP contribution >= 0.6 is 21.6 Å². The molecule has 21 N–H and O–H groups in total. The molecule has 3 rings (SSSR count). The van der Waals surface area contributed by atoms with E-state index in [9.17, 15) is 62.6 Å². The van der Waals surface area contributed by atoms with E-state index in [1.807, 2.05) is 6.92 Å². The molecule has 0 aliphatic carbocycles. The standard InChI is InChI=1S/C48H75N17O14S2/c1-3-4-18-79-27-13-11-26(12-14-27)19-30-42(74)60-29(9-6-16-56-48(53)54)41(73)64-33(39(50)71)23-80-81-24-34(58-25(2)66)44(76)63-32(20-36(49)67)46(78)65-17-7-10-35(65)45(77)61-28(8-5-15-55-47(51)52)40(72)57-22-37(68)59-31(21-38(69)70)43(75)62-30/h11-14,28-35H,3-10,15-24H2,1-2H3,(H2,49,67)(H2,50,71)(H,57,72)(H,58,66)(H,59,68)(H,60,74)(H,61,77)(H,62,75)(H,63,76)(H,64,73)(H,69,70)(H4,51,52,55)(H4,53,54,56)/t28-,29-,30-,31-,32-,33-,34-,35-/m0/s1. The number of nitrogens with one attached hydrogen (secondary N) is 8. The first-order valence-corrected chi connectivity index (χ1v) is 28.4. The number of primary amides is 2. The quantitative estimate of drug-likeness (QED) is 0.0250. The molecule has 2 saturated heterocycles. The SMILES string of the molecule is CCCCOc1ccc(C[C@@H]2NC(=O)[C@H](CC(=O)O)NC(=O)CNC(=O)[C@H](CCCN=C(N)N)NC(=O)[C@@H]3CCCN3C(=O)[C@H](CC(N)=O)NC(=O)[C@@H](NC(C)=O)CSSC[C@@H](C(N)=O)NC(=O)[C@H](CCCN=C(N)N)NC2=O)cc1. The van der Waals surface area contributed by atoms with Crippen molar-refractivity contribution in [1.29, 1.82) is 0 Å². The Morgan fingerprint density at radius 1 is 0.691 bits per heavy atom. The fourth-order valence-electron chi connectivity index (χ4n) is 8.08. The zero-order chi connectivity index (χ0) is 60.2. The van der Waals surface area contributed by atoms with Crippen LogP contribution in [0.4, 0.5) is 0 Å². The Morgan fingerprint density at radius 2 is 1.26 bits per heavy atom. The summed E-state index contributed by atoms with van der Waals surface area (Å²) in [6.07, 6.45) is -0.201. The van der Waals surface area contributed by atoms with E-state index in [4.69, 9.17) is 39.1 Å². The number of rotatable bonds is 20. The summed E-state index contributed by atoms with van der Waals surface area (Å²) in [6, 6.07) is -5.63. The number of nitrogens with two attached hydrogens (primary N) is 6. The Hall–Kier alpha value is -8.10. The van der Waals surface area contributed by atoms with Crippen molar-refractivity contribution in [2.45, 2.75) is 133 Å². The lowest BCUT2D eigenvalue weighted by Crippen LogP contribution is -2.59. The molecule has 448 valence electrons. The minimum Gasteiger partial charge on any atom is -0.494 e. The van der Waals surface area contributed by atoms with E-state index < -0.39 is 139 Å². The van der Waals surface area contributed by atoms with Gasteiger partial charge in [-0.15, -0.1) is 0 Å². The first-order valence-electron chi connectivity index (χ1n) is 25.9. The molecule has 1 aromatic carbocycles. The Balaban J connectivity index is 2.13. The highest BCUT2D eigenvalue weighted by Crippen LogP contribution is 2.24. The van der Waals surface area contributed by atoms with Gasteiger partial charge in [0.2, 0.25) is 65.0 Å². The molecule has 1 aromatic rings. The Labute approximate surface area is 474 Å². The fraction of sp³-hybridized carbons (Fsp3) is 0.583. The number of carboxylic acids is 1. The van der Waals surface area contributed by atoms with Gasteiger partial charge in [0.05, 0.1) is 26.0 Å². The smallest absolute Gasteiger partial charge is 0.305 e. The first kappa shape index (κ1) is 67.2. The maximum Gasteiger partial charge on any atom is 0.305 e. The number of nitrogens with zero attached hydrogens (tertiary/aromatic N) is 3. The second kappa shape index (κ2) is 34.8. The van der Waals surface area contributed by atoms with Crippen molar-refractivity contribution in [1.82, 2.24) is 47.4 Å². The molecule has 8 atom stereocenters. The molecule has 2 aliphatic rings. The van der Waals surface area contributed by atoms with Crippen molar-refractivity contribution >= 4 is 104 Å². The van der Waals surface area contributed by atoms with E-state index in [1.54, 1.807) is 24.3 Å². The summed E-state index contributed by atoms with van der Waals surface area (Å²) in [4.78, 5) is 171. The lowest BCUT2D eigenvalue weighted by atomic mass is 10.0. The molecular formula is C48H75N17O14S2. The van der Waals surface area contributed by atoms with Gasteiger partial charge in [-0.25, -0.2) is 0 Å². The van der Waals surface area contributed by atoms with Gasteiger partial charge in [-0.1, -0.05) is 47.1 Å². The maximum atomic E-state index is 14.4. The molecular weight excluding hydrogens is 1100 g/mol. The molecule has 0 aromatic heterocycles. The maximum absolute atomic E-state index is 14.4. The number of hydrogen-bond donors (Lipinski definition) is 15. The molecule has 31 nitrogen and oxygen atoms in total. The minimum absolute atomic E-state index is 0.00732. The third-order valence-corrected chi connectivity index (χ3v) is 14.6. The van der Waals surface area contributed by atoms with E-state index in [2.05, 4.69) is 52.5 Å². The van der Waals surface area contributed by atoms with Crippen LogP contribution in [0.25, 0.3) is 0 Å². The van der Waals surface area contributed by atoms with Gasteiger partial charge in [-0.2, -0.15) is 0 Å². The molecule has 33 heteroatoms. The molecule has 0 bridgehead atoms. The highest BCUT2D eigenvalue weighted by atomic mass is 33.1. The minimum atomic E-state index is -1.88. The van der Waals surface area contributed by atoms with Crippen LogP contribution < -0.4 is 81.7 Å². The molecule has 0 saturated carbocycles. The molecule has 2 aliphatic heterocycles. The van der Waals surface area contributed by atoms with Gasteiger partial charge < -0.3 is 91.7 Å². The zero-order valence-corrected chi connectivity index (χ0v) is 46.7. The number of carbonyl (C=O) groups is 12. The number of benzene rings is 1. The van der Waals surface area contributed by atoms with Crippen LogP contribution in [0.15, 0.2) is 34.3 Å². The van der Waals surface area contributed by atoms with Crippen molar-refractivity contribution in [3.63, 3.8) is 0 Å². The van der Waals surface area contributed by atoms with E-state index in [0.717, 1.165) is 46.3 Å². The Kier molecular flexibility index (Phi) is 28.9. The van der Waals surface area contributed by atoms with Gasteiger partial charge in [-0.05, 0) is 62.6 Å². The number of amides is 11. The number of fused-ring (bicyclic) bond motifs is 1. The number of guanidine groups is 2. The molecule has 0 unspecified atom stereocenters. The molecule has 11 amide bonds. The van der Waals surface area contributed by atoms with Crippen molar-refractivity contribution in [2.75, 3.05) is 44.3 Å². The van der Waals surface area contributed by atoms with E-state index in [1.165, 1.54) is 0 Å². The zero-order valence-electron chi connectivity index (χ0n) is 45.0. The summed E-state index contributed by atoms with van der Waals surface area (Å²) in [7, 11) is 1.87. The summed E-state index contributed by atoms with van der Waals surface area (Å²) in [5, 5.41) is 29.5. The normalized spacial score (nSPS) is 23.3. The first-order chi connectivity index (χ1) is 38.4. The molecule has 0 radical (unpaired) electrons. The van der Waals surface area contributed by atoms with Gasteiger partial charge in [0.15, 0.2) is 11.9 Å². The van der Waals surface area contributed by atoms with Gasteiger partial charge in [-0.3, -0.25) is 67.5 Å². The number of aliphatic carboxylic acids is 1. The van der Waals surface area contributed by atoms with Crippen LogP contribution in [0.2, 0.25) is 0 Å². The topological polar surface area (TPSA) is 515 Å². The second-order valence-electron chi connectivity index (χ2n) is 18.8. The highest BCUT2D eigenvalue weighted by molar-refractivity contribution is 8.76. The second-order valence-corrected chi connectivity index (χ2v) is 21.3. The van der Waals surface area contributed by atoms with Crippen LogP contribution in [-0.2, 0) is 64.0 Å². The van der Waals surface area contributed by atoms with Gasteiger partial charge in [0, 0.05) is 44.5 Å². The fourth-order valence-corrected chi connectivity index (χ4v) is 10.4. The molecule has 0 spiro atoms. The molecule has 2 fully saturated rings. The van der Waals surface area contributed by atoms with Crippen LogP contribution in [0.3, 0.4) is 0 Å². The van der Waals surface area contributed by atoms with Crippen LogP contribution in [0, 0.1) is 0 Å². The third-order valence-electron chi connectivity index (χ3n) is 12.1. The molecule has 81 heavy (non-hydrogen) atoms. The number of aliphatic imine (C=N–C) groups is 2. The average Bonchev–Trinajstić information content (AvgIpc) is 3.97. The predicted molar refractivity (Wildman–Crippen MR) is 297 cm³/mol. The van der Waals surface area contributed by atoms with Crippen molar-refractivity contribution in [3.05, 3.63) is 29.8 Å². The summed E-state index contributed by atoms with van der Waals surface area (Å²) < 4.78 is 5.76.